The molecule has 0 amide bonds. The van der Waals surface area contributed by atoms with Gasteiger partial charge in [0.1, 0.15) is 18.1 Å². The van der Waals surface area contributed by atoms with E-state index < -0.39 is 0 Å². The van der Waals surface area contributed by atoms with Gasteiger partial charge in [0.15, 0.2) is 0 Å². The molecule has 0 atom stereocenters. The summed E-state index contributed by atoms with van der Waals surface area (Å²) in [6.45, 7) is 5.37. The molecule has 0 bridgehead atoms. The highest BCUT2D eigenvalue weighted by molar-refractivity contribution is 9.10. The van der Waals surface area contributed by atoms with E-state index in [2.05, 4.69) is 35.1 Å². The first-order valence-corrected chi connectivity index (χ1v) is 7.00. The molecule has 1 aromatic heterocycles. The molecule has 0 saturated carbocycles. The maximum atomic E-state index is 5.77. The fourth-order valence-corrected chi connectivity index (χ4v) is 2.17. The van der Waals surface area contributed by atoms with E-state index in [9.17, 15) is 0 Å². The Balaban J connectivity index is 2.01. The van der Waals surface area contributed by atoms with Gasteiger partial charge in [-0.05, 0) is 50.2 Å². The molecule has 0 fully saturated rings. The molecule has 0 spiro atoms. The summed E-state index contributed by atoms with van der Waals surface area (Å²) in [6, 6.07) is 6.05. The van der Waals surface area contributed by atoms with Gasteiger partial charge in [-0.3, -0.25) is 0 Å². The predicted octanol–water partition coefficient (Wildman–Crippen LogP) is 3.96. The summed E-state index contributed by atoms with van der Waals surface area (Å²) in [7, 11) is 1.91. The van der Waals surface area contributed by atoms with Crippen LogP contribution in [0.25, 0.3) is 0 Å². The summed E-state index contributed by atoms with van der Waals surface area (Å²) < 4.78 is 12.3. The fourth-order valence-electron chi connectivity index (χ4n) is 1.94. The molecule has 0 aliphatic carbocycles. The molecule has 0 saturated heterocycles. The van der Waals surface area contributed by atoms with Crippen LogP contribution >= 0.6 is 15.9 Å². The van der Waals surface area contributed by atoms with E-state index in [-0.39, 0.29) is 0 Å². The Hall–Kier alpha value is -1.26. The van der Waals surface area contributed by atoms with Crippen LogP contribution in [0.1, 0.15) is 22.5 Å². The smallest absolute Gasteiger partial charge is 0.146 e. The molecule has 1 heterocycles. The number of aryl methyl sites for hydroxylation is 2. The third kappa shape index (κ3) is 3.61. The molecule has 19 heavy (non-hydrogen) atoms. The van der Waals surface area contributed by atoms with Crippen molar-refractivity contribution in [2.75, 3.05) is 7.05 Å². The highest BCUT2D eigenvalue weighted by Crippen LogP contribution is 2.26. The second-order valence-electron chi connectivity index (χ2n) is 4.61. The zero-order chi connectivity index (χ0) is 13.8. The summed E-state index contributed by atoms with van der Waals surface area (Å²) in [4.78, 5) is 0. The third-order valence-electron chi connectivity index (χ3n) is 2.88. The maximum absolute atomic E-state index is 5.77. The van der Waals surface area contributed by atoms with Crippen LogP contribution in [0.5, 0.6) is 5.75 Å². The van der Waals surface area contributed by atoms with E-state index in [1.807, 2.05) is 25.2 Å². The lowest BCUT2D eigenvalue weighted by atomic mass is 10.1. The van der Waals surface area contributed by atoms with Gasteiger partial charge in [0.25, 0.3) is 0 Å². The Morgan fingerprint density at radius 3 is 2.53 bits per heavy atom. The van der Waals surface area contributed by atoms with E-state index in [1.54, 1.807) is 6.26 Å². The highest BCUT2D eigenvalue weighted by atomic mass is 79.9. The van der Waals surface area contributed by atoms with Crippen molar-refractivity contribution in [1.29, 1.82) is 0 Å². The minimum Gasteiger partial charge on any atom is -0.486 e. The average molecular weight is 324 g/mol. The maximum Gasteiger partial charge on any atom is 0.146 e. The summed E-state index contributed by atoms with van der Waals surface area (Å²) in [5.74, 6) is 1.70. The molecule has 0 aliphatic rings. The quantitative estimate of drug-likeness (QED) is 0.904. The molecule has 2 rings (SSSR count). The molecule has 0 radical (unpaired) electrons. The molecule has 2 aromatic rings. The number of halogens is 1. The second-order valence-corrected chi connectivity index (χ2v) is 5.40. The molecule has 0 aliphatic heterocycles. The van der Waals surface area contributed by atoms with Gasteiger partial charge in [0, 0.05) is 16.6 Å². The molecular weight excluding hydrogens is 306 g/mol. The molecule has 1 N–H and O–H groups in total. The average Bonchev–Trinajstić information content (AvgIpc) is 2.81. The van der Waals surface area contributed by atoms with Crippen LogP contribution in [0.15, 0.2) is 33.4 Å². The molecular formula is C15H18BrNO2. The number of nitrogens with one attached hydrogen (secondary N) is 1. The van der Waals surface area contributed by atoms with Crippen LogP contribution in [0.4, 0.5) is 0 Å². The van der Waals surface area contributed by atoms with Crippen molar-refractivity contribution in [3.63, 3.8) is 0 Å². The minimum atomic E-state index is 0.449. The Kier molecular flexibility index (Phi) is 4.66. The van der Waals surface area contributed by atoms with Crippen LogP contribution in [-0.2, 0) is 13.2 Å². The number of ether oxygens (including phenoxy) is 1. The topological polar surface area (TPSA) is 34.4 Å². The van der Waals surface area contributed by atoms with Crippen molar-refractivity contribution in [2.45, 2.75) is 27.0 Å². The van der Waals surface area contributed by atoms with Gasteiger partial charge < -0.3 is 14.5 Å². The number of hydrogen-bond acceptors (Lipinski definition) is 3. The van der Waals surface area contributed by atoms with E-state index in [4.69, 9.17) is 9.15 Å². The van der Waals surface area contributed by atoms with Crippen LogP contribution in [0.2, 0.25) is 0 Å². The van der Waals surface area contributed by atoms with Gasteiger partial charge in [-0.1, -0.05) is 15.9 Å². The standard InChI is InChI=1S/C15H18BrNO2/c1-10-4-13(5-11(2)15(10)16)19-9-14-6-12(7-17-3)8-18-14/h4-6,8,17H,7,9H2,1-3H3. The summed E-state index contributed by atoms with van der Waals surface area (Å²) in [5.41, 5.74) is 3.47. The summed E-state index contributed by atoms with van der Waals surface area (Å²) in [6.07, 6.45) is 1.76. The van der Waals surface area contributed by atoms with Crippen molar-refractivity contribution in [1.82, 2.24) is 5.32 Å². The van der Waals surface area contributed by atoms with Crippen LogP contribution < -0.4 is 10.1 Å². The largest absolute Gasteiger partial charge is 0.486 e. The Bertz CT molecular complexity index is 540. The van der Waals surface area contributed by atoms with Gasteiger partial charge in [0.2, 0.25) is 0 Å². The van der Waals surface area contributed by atoms with Crippen LogP contribution in [-0.4, -0.2) is 7.05 Å². The highest BCUT2D eigenvalue weighted by Gasteiger charge is 2.05. The Morgan fingerprint density at radius 1 is 1.21 bits per heavy atom. The van der Waals surface area contributed by atoms with Crippen LogP contribution in [0.3, 0.4) is 0 Å². The van der Waals surface area contributed by atoms with Gasteiger partial charge >= 0.3 is 0 Å². The lowest BCUT2D eigenvalue weighted by molar-refractivity contribution is 0.270. The lowest BCUT2D eigenvalue weighted by Crippen LogP contribution is -2.03. The van der Waals surface area contributed by atoms with Crippen molar-refractivity contribution in [2.24, 2.45) is 0 Å². The van der Waals surface area contributed by atoms with Crippen molar-refractivity contribution in [3.05, 3.63) is 51.4 Å². The van der Waals surface area contributed by atoms with E-state index >= 15 is 0 Å². The predicted molar refractivity (Wildman–Crippen MR) is 79.4 cm³/mol. The van der Waals surface area contributed by atoms with Gasteiger partial charge in [-0.2, -0.15) is 0 Å². The van der Waals surface area contributed by atoms with Crippen LogP contribution in [0, 0.1) is 13.8 Å². The number of rotatable bonds is 5. The zero-order valence-corrected chi connectivity index (χ0v) is 13.0. The number of furan rings is 1. The van der Waals surface area contributed by atoms with Gasteiger partial charge in [0.05, 0.1) is 6.26 Å². The monoisotopic (exact) mass is 323 g/mol. The molecule has 102 valence electrons. The Labute approximate surface area is 122 Å². The summed E-state index contributed by atoms with van der Waals surface area (Å²) >= 11 is 3.55. The first kappa shape index (κ1) is 14.2. The van der Waals surface area contributed by atoms with Crippen molar-refractivity contribution >= 4 is 15.9 Å². The first-order valence-electron chi connectivity index (χ1n) is 6.20. The van der Waals surface area contributed by atoms with E-state index in [0.717, 1.165) is 28.1 Å². The fraction of sp³-hybridized carbons (Fsp3) is 0.333. The van der Waals surface area contributed by atoms with Crippen molar-refractivity contribution in [3.8, 4) is 5.75 Å². The lowest BCUT2D eigenvalue weighted by Gasteiger charge is -2.09. The molecule has 0 unspecified atom stereocenters. The number of hydrogen-bond donors (Lipinski definition) is 1. The Morgan fingerprint density at radius 2 is 1.89 bits per heavy atom. The second kappa shape index (κ2) is 6.26. The molecule has 3 nitrogen and oxygen atoms in total. The number of benzene rings is 1. The summed E-state index contributed by atoms with van der Waals surface area (Å²) in [5, 5.41) is 3.09. The van der Waals surface area contributed by atoms with Crippen molar-refractivity contribution < 1.29 is 9.15 Å². The first-order chi connectivity index (χ1) is 9.10. The third-order valence-corrected chi connectivity index (χ3v) is 4.13. The normalized spacial score (nSPS) is 10.7. The van der Waals surface area contributed by atoms with Gasteiger partial charge in [-0.15, -0.1) is 0 Å². The molecule has 4 heteroatoms. The van der Waals surface area contributed by atoms with E-state index in [1.165, 1.54) is 11.1 Å². The molecule has 1 aromatic carbocycles. The zero-order valence-electron chi connectivity index (χ0n) is 11.4. The minimum absolute atomic E-state index is 0.449. The van der Waals surface area contributed by atoms with Gasteiger partial charge in [-0.25, -0.2) is 0 Å². The SMILES string of the molecule is CNCc1coc(COc2cc(C)c(Br)c(C)c2)c1. The van der Waals surface area contributed by atoms with E-state index in [0.29, 0.717) is 6.61 Å².